The van der Waals surface area contributed by atoms with Crippen molar-refractivity contribution >= 4 is 18.0 Å². The van der Waals surface area contributed by atoms with Gasteiger partial charge in [0.2, 0.25) is 0 Å². The molecule has 0 aliphatic rings. The number of aliphatic carboxylic acids is 1. The molecule has 0 aliphatic carbocycles. The number of nitrogens with two attached hydrogens (primary N) is 1. The Kier molecular flexibility index (Phi) is 5.57. The Balaban J connectivity index is 2.45. The maximum absolute atomic E-state index is 11.6. The Morgan fingerprint density at radius 2 is 2.19 bits per heavy atom. The van der Waals surface area contributed by atoms with E-state index in [0.29, 0.717) is 18.9 Å². The van der Waals surface area contributed by atoms with E-state index in [0.717, 1.165) is 0 Å². The molecule has 0 bridgehead atoms. The van der Waals surface area contributed by atoms with Crippen LogP contribution in [0, 0.1) is 0 Å². The number of carboxylic acids is 1. The molecule has 0 aliphatic heterocycles. The minimum Gasteiger partial charge on any atom is -0.480 e. The Hall–Kier alpha value is -2.25. The van der Waals surface area contributed by atoms with Gasteiger partial charge in [-0.2, -0.15) is 0 Å². The molecule has 8 nitrogen and oxygen atoms in total. The number of alkyl carbamates (subject to hydrolysis) is 1. The summed E-state index contributed by atoms with van der Waals surface area (Å²) in [7, 11) is 0. The Morgan fingerprint density at radius 3 is 2.67 bits per heavy atom. The highest BCUT2D eigenvalue weighted by molar-refractivity contribution is 5.79. The fourth-order valence-electron chi connectivity index (χ4n) is 1.70. The number of nitrogen functional groups attached to an aromatic ring is 1. The number of nitrogens with one attached hydrogen (secondary N) is 1. The first-order valence-corrected chi connectivity index (χ1v) is 6.68. The zero-order valence-corrected chi connectivity index (χ0v) is 12.5. The predicted molar refractivity (Wildman–Crippen MR) is 76.7 cm³/mol. The highest BCUT2D eigenvalue weighted by atomic mass is 16.6. The highest BCUT2D eigenvalue weighted by Crippen LogP contribution is 2.09. The predicted octanol–water partition coefficient (Wildman–Crippen LogP) is 1.22. The summed E-state index contributed by atoms with van der Waals surface area (Å²) in [5.41, 5.74) is 4.94. The van der Waals surface area contributed by atoms with E-state index in [1.54, 1.807) is 37.7 Å². The summed E-state index contributed by atoms with van der Waals surface area (Å²) >= 11 is 0. The molecule has 1 rings (SSSR count). The molecule has 1 heterocycles. The van der Waals surface area contributed by atoms with Crippen LogP contribution in [0.1, 0.15) is 33.6 Å². The lowest BCUT2D eigenvalue weighted by atomic mass is 10.1. The maximum atomic E-state index is 11.6. The van der Waals surface area contributed by atoms with E-state index in [1.807, 2.05) is 0 Å². The van der Waals surface area contributed by atoms with Crippen LogP contribution in [0.25, 0.3) is 0 Å². The van der Waals surface area contributed by atoms with Gasteiger partial charge in [-0.15, -0.1) is 0 Å². The number of carboxylic acid groups (broad SMARTS) is 1. The number of amides is 1. The summed E-state index contributed by atoms with van der Waals surface area (Å²) in [6.45, 7) is 5.67. The SMILES string of the molecule is CC(C)(C)OC(=O)NC(CCCn1ccnc1N)C(=O)O. The van der Waals surface area contributed by atoms with E-state index >= 15 is 0 Å². The van der Waals surface area contributed by atoms with Crippen LogP contribution in [0.4, 0.5) is 10.7 Å². The van der Waals surface area contributed by atoms with Crippen molar-refractivity contribution in [2.24, 2.45) is 0 Å². The molecule has 0 saturated heterocycles. The lowest BCUT2D eigenvalue weighted by Gasteiger charge is -2.22. The highest BCUT2D eigenvalue weighted by Gasteiger charge is 2.23. The molecule has 8 heteroatoms. The van der Waals surface area contributed by atoms with E-state index < -0.39 is 23.7 Å². The van der Waals surface area contributed by atoms with Crippen molar-refractivity contribution in [2.75, 3.05) is 5.73 Å². The van der Waals surface area contributed by atoms with Gasteiger partial charge in [-0.1, -0.05) is 0 Å². The Bertz CT molecular complexity index is 493. The third-order valence-corrected chi connectivity index (χ3v) is 2.63. The molecule has 118 valence electrons. The second-order valence-corrected chi connectivity index (χ2v) is 5.66. The van der Waals surface area contributed by atoms with Crippen molar-refractivity contribution in [3.05, 3.63) is 12.4 Å². The summed E-state index contributed by atoms with van der Waals surface area (Å²) in [4.78, 5) is 26.6. The molecule has 1 aromatic heterocycles. The molecule has 0 radical (unpaired) electrons. The molecule has 1 aromatic rings. The van der Waals surface area contributed by atoms with Crippen LogP contribution in [0.5, 0.6) is 0 Å². The Morgan fingerprint density at radius 1 is 1.52 bits per heavy atom. The van der Waals surface area contributed by atoms with E-state index in [2.05, 4.69) is 10.3 Å². The van der Waals surface area contributed by atoms with E-state index in [4.69, 9.17) is 15.6 Å². The van der Waals surface area contributed by atoms with E-state index in [-0.39, 0.29) is 6.42 Å². The molecule has 1 amide bonds. The topological polar surface area (TPSA) is 119 Å². The van der Waals surface area contributed by atoms with Crippen molar-refractivity contribution in [1.29, 1.82) is 0 Å². The molecule has 1 atom stereocenters. The smallest absolute Gasteiger partial charge is 0.408 e. The minimum atomic E-state index is -1.10. The van der Waals surface area contributed by atoms with Gasteiger partial charge in [0, 0.05) is 18.9 Å². The fraction of sp³-hybridized carbons (Fsp3) is 0.615. The van der Waals surface area contributed by atoms with Crippen LogP contribution in [0.15, 0.2) is 12.4 Å². The van der Waals surface area contributed by atoms with Crippen molar-refractivity contribution < 1.29 is 19.4 Å². The summed E-state index contributed by atoms with van der Waals surface area (Å²) in [6.07, 6.45) is 3.35. The second kappa shape index (κ2) is 6.96. The van der Waals surface area contributed by atoms with Crippen molar-refractivity contribution in [3.8, 4) is 0 Å². The first kappa shape index (κ1) is 16.8. The number of carbonyl (C=O) groups excluding carboxylic acids is 1. The van der Waals surface area contributed by atoms with Crippen molar-refractivity contribution in [3.63, 3.8) is 0 Å². The quantitative estimate of drug-likeness (QED) is 0.726. The zero-order chi connectivity index (χ0) is 16.0. The normalized spacial score (nSPS) is 12.7. The zero-order valence-electron chi connectivity index (χ0n) is 12.5. The molecule has 1 unspecified atom stereocenters. The lowest BCUT2D eigenvalue weighted by Crippen LogP contribution is -2.43. The van der Waals surface area contributed by atoms with Gasteiger partial charge in [0.05, 0.1) is 0 Å². The van der Waals surface area contributed by atoms with Crippen molar-refractivity contribution in [2.45, 2.75) is 51.8 Å². The average Bonchev–Trinajstić information content (AvgIpc) is 2.71. The second-order valence-electron chi connectivity index (χ2n) is 5.66. The van der Waals surface area contributed by atoms with Gasteiger partial charge in [0.15, 0.2) is 5.95 Å². The van der Waals surface area contributed by atoms with Gasteiger partial charge >= 0.3 is 12.1 Å². The molecular formula is C13H22N4O4. The number of hydrogen-bond donors (Lipinski definition) is 3. The van der Waals surface area contributed by atoms with Crippen LogP contribution >= 0.6 is 0 Å². The Labute approximate surface area is 123 Å². The number of carbonyl (C=O) groups is 2. The lowest BCUT2D eigenvalue weighted by molar-refractivity contribution is -0.139. The largest absolute Gasteiger partial charge is 0.480 e. The number of ether oxygens (including phenoxy) is 1. The van der Waals surface area contributed by atoms with Crippen LogP contribution < -0.4 is 11.1 Å². The molecule has 0 fully saturated rings. The minimum absolute atomic E-state index is 0.270. The van der Waals surface area contributed by atoms with E-state index in [1.165, 1.54) is 0 Å². The third kappa shape index (κ3) is 6.15. The summed E-state index contributed by atoms with van der Waals surface area (Å²) in [6, 6.07) is -0.996. The molecule has 0 spiro atoms. The summed E-state index contributed by atoms with van der Waals surface area (Å²) < 4.78 is 6.76. The molecule has 0 saturated carbocycles. The number of aromatic nitrogens is 2. The fourth-order valence-corrected chi connectivity index (χ4v) is 1.70. The number of anilines is 1. The molecule has 4 N–H and O–H groups in total. The first-order chi connectivity index (χ1) is 9.69. The third-order valence-electron chi connectivity index (χ3n) is 2.63. The maximum Gasteiger partial charge on any atom is 0.408 e. The standard InChI is InChI=1S/C13H22N4O4/c1-13(2,3)21-12(20)16-9(10(18)19)5-4-7-17-8-6-15-11(17)14/h6,8-9H,4-5,7H2,1-3H3,(H2,14,15)(H,16,20)(H,18,19). The molecular weight excluding hydrogens is 276 g/mol. The van der Waals surface area contributed by atoms with Crippen LogP contribution in [-0.2, 0) is 16.1 Å². The van der Waals surface area contributed by atoms with Crippen molar-refractivity contribution in [1.82, 2.24) is 14.9 Å². The van der Waals surface area contributed by atoms with Crippen LogP contribution in [0.2, 0.25) is 0 Å². The molecule has 0 aromatic carbocycles. The number of nitrogens with zero attached hydrogens (tertiary/aromatic N) is 2. The molecule has 21 heavy (non-hydrogen) atoms. The summed E-state index contributed by atoms with van der Waals surface area (Å²) in [5.74, 6) is -0.721. The monoisotopic (exact) mass is 298 g/mol. The number of imidazole rings is 1. The number of hydrogen-bond acceptors (Lipinski definition) is 5. The van der Waals surface area contributed by atoms with Crippen LogP contribution in [0.3, 0.4) is 0 Å². The van der Waals surface area contributed by atoms with Gasteiger partial charge < -0.3 is 25.5 Å². The summed E-state index contributed by atoms with van der Waals surface area (Å²) in [5, 5.41) is 11.5. The van der Waals surface area contributed by atoms with Gasteiger partial charge in [0.1, 0.15) is 11.6 Å². The average molecular weight is 298 g/mol. The van der Waals surface area contributed by atoms with Gasteiger partial charge in [-0.05, 0) is 33.6 Å². The number of rotatable bonds is 6. The van der Waals surface area contributed by atoms with Gasteiger partial charge in [-0.25, -0.2) is 14.6 Å². The van der Waals surface area contributed by atoms with Gasteiger partial charge in [0.25, 0.3) is 0 Å². The van der Waals surface area contributed by atoms with Crippen LogP contribution in [-0.4, -0.2) is 38.4 Å². The first-order valence-electron chi connectivity index (χ1n) is 6.68. The number of aryl methyl sites for hydroxylation is 1. The van der Waals surface area contributed by atoms with Gasteiger partial charge in [-0.3, -0.25) is 0 Å². The van der Waals surface area contributed by atoms with E-state index in [9.17, 15) is 9.59 Å².